The molecule has 1 aliphatic rings. The SMILES string of the molecule is O=C(CCCCCCc1nc2ccccc2n1C1CCCC1)NO. The average molecular weight is 329 g/mol. The molecule has 0 atom stereocenters. The molecular formula is C19H27N3O2. The van der Waals surface area contributed by atoms with E-state index in [2.05, 4.69) is 28.8 Å². The third kappa shape index (κ3) is 3.96. The zero-order valence-corrected chi connectivity index (χ0v) is 14.2. The third-order valence-corrected chi connectivity index (χ3v) is 5.04. The number of aryl methyl sites for hydroxylation is 1. The maximum absolute atomic E-state index is 11.0. The van der Waals surface area contributed by atoms with Gasteiger partial charge in [-0.25, -0.2) is 10.5 Å². The summed E-state index contributed by atoms with van der Waals surface area (Å²) < 4.78 is 2.49. The molecule has 24 heavy (non-hydrogen) atoms. The van der Waals surface area contributed by atoms with E-state index in [1.807, 2.05) is 0 Å². The first-order valence-corrected chi connectivity index (χ1v) is 9.18. The van der Waals surface area contributed by atoms with E-state index in [-0.39, 0.29) is 5.91 Å². The van der Waals surface area contributed by atoms with Gasteiger partial charge in [0.2, 0.25) is 5.91 Å². The van der Waals surface area contributed by atoms with Crippen molar-refractivity contribution in [3.63, 3.8) is 0 Å². The van der Waals surface area contributed by atoms with E-state index in [4.69, 9.17) is 10.2 Å². The molecule has 0 unspecified atom stereocenters. The molecule has 5 nitrogen and oxygen atoms in total. The number of carbonyl (C=O) groups excluding carboxylic acids is 1. The molecule has 0 aliphatic heterocycles. The lowest BCUT2D eigenvalue weighted by Crippen LogP contribution is -2.17. The first kappa shape index (κ1) is 17.0. The van der Waals surface area contributed by atoms with E-state index in [0.717, 1.165) is 37.6 Å². The van der Waals surface area contributed by atoms with Crippen LogP contribution in [-0.4, -0.2) is 20.7 Å². The highest BCUT2D eigenvalue weighted by atomic mass is 16.5. The van der Waals surface area contributed by atoms with Gasteiger partial charge in [0.1, 0.15) is 5.82 Å². The molecule has 130 valence electrons. The minimum absolute atomic E-state index is 0.293. The Kier molecular flexibility index (Phi) is 5.86. The number of amides is 1. The summed E-state index contributed by atoms with van der Waals surface area (Å²) in [6.45, 7) is 0. The van der Waals surface area contributed by atoms with E-state index < -0.39 is 0 Å². The largest absolute Gasteiger partial charge is 0.325 e. The minimum Gasteiger partial charge on any atom is -0.325 e. The highest BCUT2D eigenvalue weighted by Crippen LogP contribution is 2.34. The molecule has 0 spiro atoms. The first-order chi connectivity index (χ1) is 11.8. The number of hydrogen-bond donors (Lipinski definition) is 2. The van der Waals surface area contributed by atoms with E-state index in [0.29, 0.717) is 12.5 Å². The molecule has 0 radical (unpaired) electrons. The van der Waals surface area contributed by atoms with E-state index in [1.54, 1.807) is 5.48 Å². The molecule has 1 aromatic heterocycles. The van der Waals surface area contributed by atoms with Crippen LogP contribution >= 0.6 is 0 Å². The second-order valence-corrected chi connectivity index (χ2v) is 6.77. The third-order valence-electron chi connectivity index (χ3n) is 5.04. The number of rotatable bonds is 8. The summed E-state index contributed by atoms with van der Waals surface area (Å²) in [4.78, 5) is 15.9. The Morgan fingerprint density at radius 3 is 2.71 bits per heavy atom. The first-order valence-electron chi connectivity index (χ1n) is 9.18. The summed E-state index contributed by atoms with van der Waals surface area (Å²) in [5.74, 6) is 0.925. The fourth-order valence-corrected chi connectivity index (χ4v) is 3.82. The smallest absolute Gasteiger partial charge is 0.243 e. The van der Waals surface area contributed by atoms with Gasteiger partial charge in [-0.3, -0.25) is 10.0 Å². The predicted molar refractivity (Wildman–Crippen MR) is 94.0 cm³/mol. The van der Waals surface area contributed by atoms with Gasteiger partial charge >= 0.3 is 0 Å². The molecule has 0 bridgehead atoms. The van der Waals surface area contributed by atoms with Crippen molar-refractivity contribution in [3.8, 4) is 0 Å². The van der Waals surface area contributed by atoms with E-state index >= 15 is 0 Å². The Morgan fingerprint density at radius 1 is 1.17 bits per heavy atom. The summed E-state index contributed by atoms with van der Waals surface area (Å²) in [5, 5.41) is 8.48. The second-order valence-electron chi connectivity index (χ2n) is 6.77. The van der Waals surface area contributed by atoms with Crippen LogP contribution in [0.3, 0.4) is 0 Å². The fraction of sp³-hybridized carbons (Fsp3) is 0.579. The number of nitrogens with one attached hydrogen (secondary N) is 1. The standard InChI is InChI=1S/C19H27N3O2/c23-19(21-24)14-4-2-1-3-13-18-20-16-11-7-8-12-17(16)22(18)15-9-5-6-10-15/h7-8,11-12,15,24H,1-6,9-10,13-14H2,(H,21,23). The van der Waals surface area contributed by atoms with E-state index in [9.17, 15) is 4.79 Å². The van der Waals surface area contributed by atoms with Gasteiger partial charge in [-0.05, 0) is 37.8 Å². The Bertz CT molecular complexity index is 674. The quantitative estimate of drug-likeness (QED) is 0.434. The maximum Gasteiger partial charge on any atom is 0.243 e. The van der Waals surface area contributed by atoms with Crippen LogP contribution in [0.15, 0.2) is 24.3 Å². The number of imidazole rings is 1. The van der Waals surface area contributed by atoms with Gasteiger partial charge in [0, 0.05) is 18.9 Å². The highest BCUT2D eigenvalue weighted by molar-refractivity contribution is 5.76. The zero-order valence-electron chi connectivity index (χ0n) is 14.2. The average Bonchev–Trinajstić information content (AvgIpc) is 3.24. The molecule has 5 heteroatoms. The summed E-state index contributed by atoms with van der Waals surface area (Å²) in [6.07, 6.45) is 10.6. The number of nitrogens with zero attached hydrogens (tertiary/aromatic N) is 2. The van der Waals surface area contributed by atoms with Crippen LogP contribution in [0, 0.1) is 0 Å². The van der Waals surface area contributed by atoms with Crippen LogP contribution in [0.1, 0.15) is 69.7 Å². The Balaban J connectivity index is 1.59. The van der Waals surface area contributed by atoms with Crippen LogP contribution in [0.25, 0.3) is 11.0 Å². The van der Waals surface area contributed by atoms with Crippen LogP contribution in [0.5, 0.6) is 0 Å². The number of hydrogen-bond acceptors (Lipinski definition) is 3. The Labute approximate surface area is 143 Å². The van der Waals surface area contributed by atoms with Crippen LogP contribution in [-0.2, 0) is 11.2 Å². The molecule has 3 rings (SSSR count). The Hall–Kier alpha value is -1.88. The summed E-state index contributed by atoms with van der Waals surface area (Å²) in [5.41, 5.74) is 4.07. The number of hydroxylamine groups is 1. The molecule has 1 aromatic carbocycles. The molecule has 2 aromatic rings. The maximum atomic E-state index is 11.0. The molecule has 2 N–H and O–H groups in total. The predicted octanol–water partition coefficient (Wildman–Crippen LogP) is 4.15. The van der Waals surface area contributed by atoms with Crippen molar-refractivity contribution in [1.82, 2.24) is 15.0 Å². The Morgan fingerprint density at radius 2 is 1.92 bits per heavy atom. The molecular weight excluding hydrogens is 302 g/mol. The van der Waals surface area contributed by atoms with Gasteiger partial charge in [0.25, 0.3) is 0 Å². The molecule has 1 amide bonds. The highest BCUT2D eigenvalue weighted by Gasteiger charge is 2.22. The van der Waals surface area contributed by atoms with Gasteiger partial charge in [-0.2, -0.15) is 0 Å². The summed E-state index contributed by atoms with van der Waals surface area (Å²) >= 11 is 0. The molecule has 1 aliphatic carbocycles. The minimum atomic E-state index is -0.293. The monoisotopic (exact) mass is 329 g/mol. The molecule has 0 saturated heterocycles. The van der Waals surface area contributed by atoms with Gasteiger partial charge in [-0.15, -0.1) is 0 Å². The number of fused-ring (bicyclic) bond motifs is 1. The van der Waals surface area contributed by atoms with Crippen molar-refractivity contribution in [2.24, 2.45) is 0 Å². The number of benzene rings is 1. The van der Waals surface area contributed by atoms with Gasteiger partial charge in [0.15, 0.2) is 0 Å². The lowest BCUT2D eigenvalue weighted by molar-refractivity contribution is -0.129. The summed E-state index contributed by atoms with van der Waals surface area (Å²) in [7, 11) is 0. The van der Waals surface area contributed by atoms with Crippen molar-refractivity contribution in [2.45, 2.75) is 70.3 Å². The second kappa shape index (κ2) is 8.29. The van der Waals surface area contributed by atoms with Crippen LogP contribution < -0.4 is 5.48 Å². The fourth-order valence-electron chi connectivity index (χ4n) is 3.82. The zero-order chi connectivity index (χ0) is 16.8. The molecule has 1 fully saturated rings. The van der Waals surface area contributed by atoms with Crippen LogP contribution in [0.4, 0.5) is 0 Å². The topological polar surface area (TPSA) is 67.2 Å². The lowest BCUT2D eigenvalue weighted by atomic mass is 10.1. The van der Waals surface area contributed by atoms with Crippen molar-refractivity contribution >= 4 is 16.9 Å². The van der Waals surface area contributed by atoms with Gasteiger partial charge in [-0.1, -0.05) is 37.8 Å². The number of para-hydroxylation sites is 2. The van der Waals surface area contributed by atoms with E-state index in [1.165, 1.54) is 37.0 Å². The summed E-state index contributed by atoms with van der Waals surface area (Å²) in [6, 6.07) is 9.08. The molecule has 1 saturated carbocycles. The van der Waals surface area contributed by atoms with Crippen molar-refractivity contribution < 1.29 is 10.0 Å². The van der Waals surface area contributed by atoms with Crippen molar-refractivity contribution in [3.05, 3.63) is 30.1 Å². The van der Waals surface area contributed by atoms with Gasteiger partial charge < -0.3 is 4.57 Å². The van der Waals surface area contributed by atoms with Crippen LogP contribution in [0.2, 0.25) is 0 Å². The lowest BCUT2D eigenvalue weighted by Gasteiger charge is -2.16. The normalized spacial score (nSPS) is 15.2. The number of carbonyl (C=O) groups is 1. The number of unbranched alkanes of at least 4 members (excludes halogenated alkanes) is 3. The van der Waals surface area contributed by atoms with Crippen molar-refractivity contribution in [1.29, 1.82) is 0 Å². The molecule has 1 heterocycles. The number of aromatic nitrogens is 2. The van der Waals surface area contributed by atoms with Gasteiger partial charge in [0.05, 0.1) is 11.0 Å². The van der Waals surface area contributed by atoms with Crippen molar-refractivity contribution in [2.75, 3.05) is 0 Å².